The van der Waals surface area contributed by atoms with E-state index in [4.69, 9.17) is 0 Å². The van der Waals surface area contributed by atoms with Crippen molar-refractivity contribution in [1.29, 1.82) is 0 Å². The first-order valence-corrected chi connectivity index (χ1v) is 9.87. The molecular formula is C18H21F3N2O2S. The molecule has 0 amide bonds. The SMILES string of the molecule is CNCCC[C@H]1Cc2cc(F)ccc2N(c2cccc(F)c2F)S1(O)O. The summed E-state index contributed by atoms with van der Waals surface area (Å²) < 4.78 is 64.8. The van der Waals surface area contributed by atoms with E-state index in [9.17, 15) is 22.3 Å². The molecule has 0 fully saturated rings. The molecule has 1 aliphatic heterocycles. The van der Waals surface area contributed by atoms with Crippen LogP contribution in [0.4, 0.5) is 24.5 Å². The Hall–Kier alpha value is -1.74. The van der Waals surface area contributed by atoms with E-state index in [1.807, 2.05) is 0 Å². The molecule has 0 saturated heterocycles. The largest absolute Gasteiger partial charge is 0.320 e. The van der Waals surface area contributed by atoms with Crippen LogP contribution in [-0.4, -0.2) is 27.9 Å². The van der Waals surface area contributed by atoms with Gasteiger partial charge in [0.15, 0.2) is 11.6 Å². The number of anilines is 2. The fourth-order valence-electron chi connectivity index (χ4n) is 3.26. The Morgan fingerprint density at radius 2 is 1.92 bits per heavy atom. The number of fused-ring (bicyclic) bond motifs is 1. The van der Waals surface area contributed by atoms with E-state index in [0.717, 1.165) is 10.4 Å². The zero-order chi connectivity index (χ0) is 18.9. The maximum atomic E-state index is 14.4. The summed E-state index contributed by atoms with van der Waals surface area (Å²) in [5.74, 6) is -2.71. The molecule has 142 valence electrons. The molecular weight excluding hydrogens is 365 g/mol. The Bertz CT molecular complexity index is 804. The lowest BCUT2D eigenvalue weighted by Crippen LogP contribution is -2.38. The predicted octanol–water partition coefficient (Wildman–Crippen LogP) is 4.83. The molecule has 1 atom stereocenters. The van der Waals surface area contributed by atoms with Crippen molar-refractivity contribution in [2.45, 2.75) is 24.5 Å². The van der Waals surface area contributed by atoms with Crippen molar-refractivity contribution in [3.63, 3.8) is 0 Å². The van der Waals surface area contributed by atoms with Gasteiger partial charge in [0.05, 0.1) is 10.9 Å². The average molecular weight is 386 g/mol. The molecule has 2 aromatic rings. The van der Waals surface area contributed by atoms with E-state index >= 15 is 0 Å². The first-order chi connectivity index (χ1) is 12.4. The van der Waals surface area contributed by atoms with E-state index < -0.39 is 33.5 Å². The van der Waals surface area contributed by atoms with Gasteiger partial charge in [-0.05, 0) is 68.8 Å². The normalized spacial score (nSPS) is 19.9. The molecule has 1 heterocycles. The Morgan fingerprint density at radius 1 is 1.15 bits per heavy atom. The number of halogens is 3. The molecule has 3 rings (SSSR count). The molecule has 0 saturated carbocycles. The quantitative estimate of drug-likeness (QED) is 0.644. The number of rotatable bonds is 5. The molecule has 0 unspecified atom stereocenters. The lowest BCUT2D eigenvalue weighted by Gasteiger charge is -2.52. The van der Waals surface area contributed by atoms with Crippen molar-refractivity contribution in [3.8, 4) is 0 Å². The van der Waals surface area contributed by atoms with Crippen molar-refractivity contribution in [3.05, 3.63) is 59.4 Å². The van der Waals surface area contributed by atoms with Gasteiger partial charge in [-0.3, -0.25) is 9.11 Å². The van der Waals surface area contributed by atoms with Crippen LogP contribution in [0.1, 0.15) is 18.4 Å². The van der Waals surface area contributed by atoms with Gasteiger partial charge in [0, 0.05) is 0 Å². The van der Waals surface area contributed by atoms with Crippen molar-refractivity contribution < 1.29 is 22.3 Å². The van der Waals surface area contributed by atoms with Crippen LogP contribution < -0.4 is 9.62 Å². The van der Waals surface area contributed by atoms with Gasteiger partial charge in [-0.2, -0.15) is 0 Å². The highest BCUT2D eigenvalue weighted by Gasteiger charge is 2.40. The topological polar surface area (TPSA) is 55.7 Å². The van der Waals surface area contributed by atoms with E-state index in [1.54, 1.807) is 7.05 Å². The van der Waals surface area contributed by atoms with Crippen molar-refractivity contribution in [2.75, 3.05) is 17.9 Å². The summed E-state index contributed by atoms with van der Waals surface area (Å²) >= 11 is 0. The zero-order valence-electron chi connectivity index (χ0n) is 14.3. The number of hydrogen-bond donors (Lipinski definition) is 3. The molecule has 4 nitrogen and oxygen atoms in total. The molecule has 8 heteroatoms. The summed E-state index contributed by atoms with van der Waals surface area (Å²) in [6, 6.07) is 7.39. The molecule has 0 aliphatic carbocycles. The van der Waals surface area contributed by atoms with Crippen LogP contribution in [0.2, 0.25) is 0 Å². The van der Waals surface area contributed by atoms with Crippen LogP contribution in [0.25, 0.3) is 0 Å². The van der Waals surface area contributed by atoms with E-state index in [2.05, 4.69) is 5.32 Å². The van der Waals surface area contributed by atoms with Gasteiger partial charge in [-0.1, -0.05) is 6.07 Å². The van der Waals surface area contributed by atoms with Gasteiger partial charge in [0.2, 0.25) is 0 Å². The van der Waals surface area contributed by atoms with Gasteiger partial charge in [-0.15, -0.1) is 10.8 Å². The van der Waals surface area contributed by atoms with E-state index in [1.165, 1.54) is 30.3 Å². The fraction of sp³-hybridized carbons (Fsp3) is 0.333. The Labute approximate surface area is 152 Å². The molecule has 2 aromatic carbocycles. The summed E-state index contributed by atoms with van der Waals surface area (Å²) in [6.45, 7) is 0.677. The fourth-order valence-corrected chi connectivity index (χ4v) is 5.34. The number of nitrogens with zero attached hydrogens (tertiary/aromatic N) is 1. The summed E-state index contributed by atoms with van der Waals surface area (Å²) in [5, 5.41) is 2.37. The minimum absolute atomic E-state index is 0.257. The smallest absolute Gasteiger partial charge is 0.184 e. The third-order valence-corrected chi connectivity index (χ3v) is 6.75. The monoisotopic (exact) mass is 386 g/mol. The van der Waals surface area contributed by atoms with Crippen LogP contribution in [0.15, 0.2) is 36.4 Å². The zero-order valence-corrected chi connectivity index (χ0v) is 15.1. The summed E-state index contributed by atoms with van der Waals surface area (Å²) in [4.78, 5) is 0. The van der Waals surface area contributed by atoms with Crippen LogP contribution in [0, 0.1) is 17.5 Å². The Balaban J connectivity index is 2.11. The summed E-state index contributed by atoms with van der Waals surface area (Å²) in [7, 11) is -1.70. The predicted molar refractivity (Wildman–Crippen MR) is 98.4 cm³/mol. The van der Waals surface area contributed by atoms with Crippen LogP contribution in [-0.2, 0) is 6.42 Å². The van der Waals surface area contributed by atoms with Gasteiger partial charge >= 0.3 is 0 Å². The maximum Gasteiger partial charge on any atom is 0.184 e. The van der Waals surface area contributed by atoms with Crippen LogP contribution in [0.5, 0.6) is 0 Å². The van der Waals surface area contributed by atoms with Crippen molar-refractivity contribution >= 4 is 22.2 Å². The number of nitrogens with one attached hydrogen (secondary N) is 1. The summed E-state index contributed by atoms with van der Waals surface area (Å²) in [6.07, 6.45) is 1.38. The van der Waals surface area contributed by atoms with Crippen LogP contribution >= 0.6 is 10.8 Å². The third-order valence-electron chi connectivity index (χ3n) is 4.53. The highest BCUT2D eigenvalue weighted by Crippen LogP contribution is 2.61. The van der Waals surface area contributed by atoms with Crippen molar-refractivity contribution in [1.82, 2.24) is 5.32 Å². The molecule has 26 heavy (non-hydrogen) atoms. The molecule has 3 N–H and O–H groups in total. The van der Waals surface area contributed by atoms with Gasteiger partial charge in [0.1, 0.15) is 11.5 Å². The van der Waals surface area contributed by atoms with Crippen molar-refractivity contribution in [2.24, 2.45) is 0 Å². The average Bonchev–Trinajstić information content (AvgIpc) is 2.59. The Kier molecular flexibility index (Phi) is 5.47. The highest BCUT2D eigenvalue weighted by molar-refractivity contribution is 8.26. The third kappa shape index (κ3) is 3.42. The molecule has 0 radical (unpaired) electrons. The summed E-state index contributed by atoms with van der Waals surface area (Å²) in [5.41, 5.74) is 0.547. The number of benzene rings is 2. The molecule has 1 aliphatic rings. The second-order valence-electron chi connectivity index (χ2n) is 6.27. The van der Waals surface area contributed by atoms with Gasteiger partial charge in [-0.25, -0.2) is 17.5 Å². The van der Waals surface area contributed by atoms with E-state index in [0.29, 0.717) is 24.9 Å². The van der Waals surface area contributed by atoms with Crippen LogP contribution in [0.3, 0.4) is 0 Å². The maximum absolute atomic E-state index is 14.4. The Morgan fingerprint density at radius 3 is 2.65 bits per heavy atom. The first kappa shape index (κ1) is 19.0. The number of hydrogen-bond acceptors (Lipinski definition) is 4. The highest BCUT2D eigenvalue weighted by atomic mass is 32.3. The van der Waals surface area contributed by atoms with E-state index in [-0.39, 0.29) is 17.8 Å². The van der Waals surface area contributed by atoms with Gasteiger partial charge in [0.25, 0.3) is 0 Å². The standard InChI is InChI=1S/C18H21F3N2O2S/c1-22-9-3-4-14-11-12-10-13(19)7-8-16(12)23(26(14,24)25)17-6-2-5-15(20)18(17)21/h2,5-8,10,14,22,24-25H,3-4,9,11H2,1H3/t14-/m0/s1. The minimum atomic E-state index is -3.49. The molecule has 0 bridgehead atoms. The molecule has 0 aromatic heterocycles. The second kappa shape index (κ2) is 7.48. The van der Waals surface area contributed by atoms with Gasteiger partial charge < -0.3 is 5.32 Å². The minimum Gasteiger partial charge on any atom is -0.320 e. The lowest BCUT2D eigenvalue weighted by atomic mass is 10.0. The molecule has 0 spiro atoms. The lowest BCUT2D eigenvalue weighted by molar-refractivity contribution is 0.451. The first-order valence-electron chi connectivity index (χ1n) is 8.30. The second-order valence-corrected chi connectivity index (χ2v) is 8.43.